The van der Waals surface area contributed by atoms with Crippen molar-refractivity contribution in [2.24, 2.45) is 0 Å². The van der Waals surface area contributed by atoms with E-state index in [0.29, 0.717) is 15.8 Å². The quantitative estimate of drug-likeness (QED) is 0.890. The Hall–Kier alpha value is -1.57. The first-order valence-electron chi connectivity index (χ1n) is 6.24. The van der Waals surface area contributed by atoms with Gasteiger partial charge in [0.15, 0.2) is 9.84 Å². The summed E-state index contributed by atoms with van der Waals surface area (Å²) in [5.74, 6) is -0.815. The highest BCUT2D eigenvalue weighted by Crippen LogP contribution is 2.28. The molecular formula is C14H14ClNO4S2. The molecule has 0 atom stereocenters. The smallest absolute Gasteiger partial charge is 0.240 e. The van der Waals surface area contributed by atoms with Crippen molar-refractivity contribution < 1.29 is 17.9 Å². The molecule has 1 aromatic heterocycles. The zero-order valence-corrected chi connectivity index (χ0v) is 14.3. The minimum atomic E-state index is -3.71. The zero-order valence-electron chi connectivity index (χ0n) is 11.9. The normalized spacial score (nSPS) is 11.2. The molecule has 0 saturated heterocycles. The second-order valence-corrected chi connectivity index (χ2v) is 8.50. The van der Waals surface area contributed by atoms with E-state index in [1.165, 1.54) is 19.2 Å². The number of nitrogens with one attached hydrogen (secondary N) is 1. The van der Waals surface area contributed by atoms with Gasteiger partial charge in [-0.15, -0.1) is 11.3 Å². The summed E-state index contributed by atoms with van der Waals surface area (Å²) in [4.78, 5) is 12.0. The van der Waals surface area contributed by atoms with Gasteiger partial charge in [0.1, 0.15) is 15.7 Å². The Balaban J connectivity index is 2.15. The van der Waals surface area contributed by atoms with Crippen molar-refractivity contribution in [1.82, 2.24) is 0 Å². The molecule has 2 rings (SSSR count). The number of anilines is 1. The second-order valence-electron chi connectivity index (χ2n) is 4.57. The molecular weight excluding hydrogens is 346 g/mol. The van der Waals surface area contributed by atoms with Gasteiger partial charge in [0.25, 0.3) is 0 Å². The lowest BCUT2D eigenvalue weighted by Crippen LogP contribution is -2.22. The van der Waals surface area contributed by atoms with Crippen LogP contribution in [-0.4, -0.2) is 27.2 Å². The Morgan fingerprint density at radius 2 is 2.05 bits per heavy atom. The van der Waals surface area contributed by atoms with Crippen LogP contribution in [-0.2, 0) is 14.6 Å². The number of benzene rings is 1. The zero-order chi connectivity index (χ0) is 16.3. The van der Waals surface area contributed by atoms with Crippen LogP contribution in [0.2, 0.25) is 4.34 Å². The summed E-state index contributed by atoms with van der Waals surface area (Å²) in [7, 11) is -2.23. The molecule has 22 heavy (non-hydrogen) atoms. The van der Waals surface area contributed by atoms with Gasteiger partial charge in [-0.25, -0.2) is 8.42 Å². The predicted molar refractivity (Wildman–Crippen MR) is 87.7 cm³/mol. The van der Waals surface area contributed by atoms with Crippen molar-refractivity contribution in [2.45, 2.75) is 11.1 Å². The molecule has 118 valence electrons. The van der Waals surface area contributed by atoms with Crippen molar-refractivity contribution in [2.75, 3.05) is 18.2 Å². The molecule has 0 bridgehead atoms. The number of sulfone groups is 1. The van der Waals surface area contributed by atoms with Crippen LogP contribution in [0, 0.1) is 6.92 Å². The van der Waals surface area contributed by atoms with Crippen molar-refractivity contribution in [3.8, 4) is 5.75 Å². The fraction of sp³-hybridized carbons (Fsp3) is 0.214. The minimum Gasteiger partial charge on any atom is -0.495 e. The van der Waals surface area contributed by atoms with E-state index >= 15 is 0 Å². The molecule has 1 heterocycles. The van der Waals surface area contributed by atoms with Gasteiger partial charge in [0.2, 0.25) is 5.91 Å². The number of thiophene rings is 1. The van der Waals surface area contributed by atoms with E-state index in [9.17, 15) is 13.2 Å². The van der Waals surface area contributed by atoms with E-state index in [0.717, 1.165) is 16.9 Å². The Kier molecular flexibility index (Phi) is 5.10. The van der Waals surface area contributed by atoms with Crippen molar-refractivity contribution in [3.63, 3.8) is 0 Å². The largest absolute Gasteiger partial charge is 0.495 e. The topological polar surface area (TPSA) is 72.5 Å². The van der Waals surface area contributed by atoms with E-state index < -0.39 is 21.5 Å². The summed E-state index contributed by atoms with van der Waals surface area (Å²) in [6.45, 7) is 1.86. The number of rotatable bonds is 5. The lowest BCUT2D eigenvalue weighted by molar-refractivity contribution is -0.113. The van der Waals surface area contributed by atoms with Gasteiger partial charge in [0.05, 0.1) is 17.1 Å². The summed E-state index contributed by atoms with van der Waals surface area (Å²) in [5, 5.41) is 2.56. The Labute approximate surface area is 137 Å². The molecule has 0 aliphatic heterocycles. The van der Waals surface area contributed by atoms with Crippen molar-refractivity contribution in [3.05, 3.63) is 40.2 Å². The fourth-order valence-corrected chi connectivity index (χ4v) is 4.52. The van der Waals surface area contributed by atoms with Crippen molar-refractivity contribution >= 4 is 44.4 Å². The fourth-order valence-electron chi connectivity index (χ4n) is 1.81. The summed E-state index contributed by atoms with van der Waals surface area (Å²) in [6, 6.07) is 8.13. The molecule has 5 nitrogen and oxygen atoms in total. The number of hydrogen-bond acceptors (Lipinski definition) is 5. The number of halogens is 1. The van der Waals surface area contributed by atoms with E-state index in [1.807, 2.05) is 13.0 Å². The van der Waals surface area contributed by atoms with Gasteiger partial charge in [0, 0.05) is 0 Å². The lowest BCUT2D eigenvalue weighted by atomic mass is 10.2. The van der Waals surface area contributed by atoms with Gasteiger partial charge in [-0.2, -0.15) is 0 Å². The molecule has 0 unspecified atom stereocenters. The van der Waals surface area contributed by atoms with Crippen LogP contribution >= 0.6 is 22.9 Å². The minimum absolute atomic E-state index is 0.0730. The third-order valence-corrected chi connectivity index (χ3v) is 6.23. The maximum Gasteiger partial charge on any atom is 0.240 e. The van der Waals surface area contributed by atoms with Crippen LogP contribution in [0.4, 0.5) is 5.69 Å². The molecule has 0 aliphatic rings. The molecule has 8 heteroatoms. The lowest BCUT2D eigenvalue weighted by Gasteiger charge is -2.11. The predicted octanol–water partition coefficient (Wildman–Crippen LogP) is 3.13. The van der Waals surface area contributed by atoms with Gasteiger partial charge >= 0.3 is 0 Å². The number of ether oxygens (including phenoxy) is 1. The van der Waals surface area contributed by atoms with Crippen LogP contribution in [0.5, 0.6) is 5.75 Å². The number of aryl methyl sites for hydroxylation is 1. The Morgan fingerprint density at radius 1 is 1.32 bits per heavy atom. The number of carbonyl (C=O) groups excluding carboxylic acids is 1. The van der Waals surface area contributed by atoms with Gasteiger partial charge in [-0.3, -0.25) is 4.79 Å². The van der Waals surface area contributed by atoms with Crippen LogP contribution in [0.25, 0.3) is 0 Å². The molecule has 1 aromatic carbocycles. The number of amides is 1. The summed E-state index contributed by atoms with van der Waals surface area (Å²) in [6.07, 6.45) is 0. The summed E-state index contributed by atoms with van der Waals surface area (Å²) in [5.41, 5.74) is 1.36. The van der Waals surface area contributed by atoms with E-state index in [1.54, 1.807) is 12.1 Å². The molecule has 0 radical (unpaired) electrons. The first-order valence-corrected chi connectivity index (χ1v) is 9.09. The summed E-state index contributed by atoms with van der Waals surface area (Å²) < 4.78 is 29.8. The van der Waals surface area contributed by atoms with Crippen molar-refractivity contribution in [1.29, 1.82) is 0 Å². The molecule has 1 N–H and O–H groups in total. The molecule has 0 spiro atoms. The average Bonchev–Trinajstić information content (AvgIpc) is 2.86. The molecule has 0 aliphatic carbocycles. The standard InChI is InChI=1S/C14H14ClNO4S2/c1-9-3-4-11(20-2)10(7-9)16-13(17)8-22(18,19)14-6-5-12(15)21-14/h3-7H,8H2,1-2H3,(H,16,17). The Morgan fingerprint density at radius 3 is 2.64 bits per heavy atom. The highest BCUT2D eigenvalue weighted by molar-refractivity contribution is 7.94. The second kappa shape index (κ2) is 6.68. The highest BCUT2D eigenvalue weighted by atomic mass is 35.5. The third kappa shape index (κ3) is 4.00. The maximum atomic E-state index is 12.1. The molecule has 2 aromatic rings. The van der Waals surface area contributed by atoms with Crippen LogP contribution in [0.1, 0.15) is 5.56 Å². The van der Waals surface area contributed by atoms with Crippen LogP contribution in [0.15, 0.2) is 34.5 Å². The van der Waals surface area contributed by atoms with Gasteiger partial charge < -0.3 is 10.1 Å². The van der Waals surface area contributed by atoms with Crippen LogP contribution < -0.4 is 10.1 Å². The van der Waals surface area contributed by atoms with Gasteiger partial charge in [-0.05, 0) is 36.8 Å². The van der Waals surface area contributed by atoms with E-state index in [2.05, 4.69) is 5.32 Å². The Bertz CT molecular complexity index is 799. The summed E-state index contributed by atoms with van der Waals surface area (Å²) >= 11 is 6.65. The number of carbonyl (C=O) groups is 1. The monoisotopic (exact) mass is 359 g/mol. The van der Waals surface area contributed by atoms with Crippen LogP contribution in [0.3, 0.4) is 0 Å². The molecule has 0 saturated carbocycles. The van der Waals surface area contributed by atoms with E-state index in [-0.39, 0.29) is 4.21 Å². The number of hydrogen-bond donors (Lipinski definition) is 1. The SMILES string of the molecule is COc1ccc(C)cc1NC(=O)CS(=O)(=O)c1ccc(Cl)s1. The molecule has 1 amide bonds. The maximum absolute atomic E-state index is 12.1. The van der Waals surface area contributed by atoms with Gasteiger partial charge in [-0.1, -0.05) is 17.7 Å². The molecule has 0 fully saturated rings. The first-order chi connectivity index (χ1) is 10.3. The van der Waals surface area contributed by atoms with E-state index in [4.69, 9.17) is 16.3 Å². The highest BCUT2D eigenvalue weighted by Gasteiger charge is 2.22. The average molecular weight is 360 g/mol. The third-order valence-electron chi connectivity index (χ3n) is 2.81. The number of methoxy groups -OCH3 is 1. The first kappa shape index (κ1) is 16.8.